The first-order valence-corrected chi connectivity index (χ1v) is 9.00. The Labute approximate surface area is 126 Å². The summed E-state index contributed by atoms with van der Waals surface area (Å²) >= 11 is 1.70. The highest BCUT2D eigenvalue weighted by Gasteiger charge is 2.26. The minimum atomic E-state index is 0.172. The van der Waals surface area contributed by atoms with Crippen molar-refractivity contribution in [2.24, 2.45) is 5.41 Å². The summed E-state index contributed by atoms with van der Waals surface area (Å²) in [4.78, 5) is 11.9. The van der Waals surface area contributed by atoms with Crippen LogP contribution < -0.4 is 10.6 Å². The van der Waals surface area contributed by atoms with Crippen LogP contribution in [0.4, 0.5) is 0 Å². The molecule has 0 aromatic carbocycles. The van der Waals surface area contributed by atoms with E-state index in [1.165, 1.54) is 12.8 Å². The molecule has 0 aromatic rings. The zero-order valence-electron chi connectivity index (χ0n) is 12.6. The van der Waals surface area contributed by atoms with Crippen molar-refractivity contribution in [3.63, 3.8) is 0 Å². The highest BCUT2D eigenvalue weighted by atomic mass is 32.2. The highest BCUT2D eigenvalue weighted by molar-refractivity contribution is 7.99. The quantitative estimate of drug-likeness (QED) is 0.785. The molecule has 4 nitrogen and oxygen atoms in total. The van der Waals surface area contributed by atoms with Gasteiger partial charge in [-0.3, -0.25) is 4.79 Å². The van der Waals surface area contributed by atoms with Gasteiger partial charge in [-0.1, -0.05) is 6.92 Å². The molecule has 0 radical (unpaired) electrons. The van der Waals surface area contributed by atoms with Crippen LogP contribution in [0.3, 0.4) is 0 Å². The number of rotatable bonds is 6. The number of hydrogen-bond donors (Lipinski definition) is 2. The van der Waals surface area contributed by atoms with Gasteiger partial charge in [0.2, 0.25) is 5.91 Å². The minimum absolute atomic E-state index is 0.172. The molecule has 1 unspecified atom stereocenters. The van der Waals surface area contributed by atoms with Crippen LogP contribution in [0.1, 0.15) is 39.0 Å². The zero-order chi connectivity index (χ0) is 14.3. The molecule has 2 aliphatic rings. The van der Waals surface area contributed by atoms with E-state index in [-0.39, 0.29) is 11.3 Å². The fourth-order valence-corrected chi connectivity index (χ4v) is 3.72. The lowest BCUT2D eigenvalue weighted by Gasteiger charge is -2.34. The van der Waals surface area contributed by atoms with Crippen molar-refractivity contribution in [2.75, 3.05) is 37.7 Å². The molecule has 2 rings (SSSR count). The lowest BCUT2D eigenvalue weighted by molar-refractivity contribution is -0.119. The molecule has 0 aromatic heterocycles. The molecule has 0 spiro atoms. The molecule has 116 valence electrons. The van der Waals surface area contributed by atoms with Gasteiger partial charge in [0, 0.05) is 18.9 Å². The molecular weight excluding hydrogens is 272 g/mol. The highest BCUT2D eigenvalue weighted by Crippen LogP contribution is 2.26. The SMILES string of the molecule is CC1(CNC(=O)CSCC2CCCCO2)CCNCC1. The summed E-state index contributed by atoms with van der Waals surface area (Å²) in [6.45, 7) is 6.12. The van der Waals surface area contributed by atoms with Crippen molar-refractivity contribution in [1.82, 2.24) is 10.6 Å². The molecular formula is C15H28N2O2S. The fourth-order valence-electron chi connectivity index (χ4n) is 2.79. The van der Waals surface area contributed by atoms with Crippen LogP contribution in [0.15, 0.2) is 0 Å². The van der Waals surface area contributed by atoms with Crippen LogP contribution in [-0.4, -0.2) is 49.8 Å². The van der Waals surface area contributed by atoms with Gasteiger partial charge in [-0.05, 0) is 50.6 Å². The Kier molecular flexibility index (Phi) is 6.65. The fraction of sp³-hybridized carbons (Fsp3) is 0.933. The molecule has 2 saturated heterocycles. The summed E-state index contributed by atoms with van der Waals surface area (Å²) < 4.78 is 5.67. The molecule has 2 N–H and O–H groups in total. The first-order chi connectivity index (χ1) is 9.68. The van der Waals surface area contributed by atoms with E-state index in [0.717, 1.165) is 51.3 Å². The monoisotopic (exact) mass is 300 g/mol. The molecule has 0 bridgehead atoms. The van der Waals surface area contributed by atoms with Crippen LogP contribution in [0, 0.1) is 5.41 Å². The smallest absolute Gasteiger partial charge is 0.230 e. The molecule has 1 amide bonds. The molecule has 0 saturated carbocycles. The van der Waals surface area contributed by atoms with E-state index in [1.807, 2.05) is 0 Å². The predicted molar refractivity (Wildman–Crippen MR) is 84.1 cm³/mol. The minimum Gasteiger partial charge on any atom is -0.377 e. The average Bonchev–Trinajstić information content (AvgIpc) is 2.47. The summed E-state index contributed by atoms with van der Waals surface area (Å²) in [5.74, 6) is 1.69. The van der Waals surface area contributed by atoms with Crippen molar-refractivity contribution in [3.05, 3.63) is 0 Å². The number of nitrogens with one attached hydrogen (secondary N) is 2. The van der Waals surface area contributed by atoms with Gasteiger partial charge < -0.3 is 15.4 Å². The molecule has 2 fully saturated rings. The second-order valence-corrected chi connectivity index (χ2v) is 7.37. The van der Waals surface area contributed by atoms with Crippen molar-refractivity contribution in [3.8, 4) is 0 Å². The van der Waals surface area contributed by atoms with Gasteiger partial charge in [0.25, 0.3) is 0 Å². The molecule has 2 aliphatic heterocycles. The Morgan fingerprint density at radius 3 is 2.90 bits per heavy atom. The van der Waals surface area contributed by atoms with Gasteiger partial charge in [0.05, 0.1) is 11.9 Å². The van der Waals surface area contributed by atoms with E-state index in [9.17, 15) is 4.79 Å². The Bertz CT molecular complexity index is 300. The maximum atomic E-state index is 11.9. The number of thioether (sulfide) groups is 1. The van der Waals surface area contributed by atoms with Gasteiger partial charge in [0.1, 0.15) is 0 Å². The van der Waals surface area contributed by atoms with Gasteiger partial charge in [-0.25, -0.2) is 0 Å². The Hall–Kier alpha value is -0.260. The molecule has 2 heterocycles. The third-order valence-electron chi connectivity index (χ3n) is 4.33. The van der Waals surface area contributed by atoms with E-state index >= 15 is 0 Å². The van der Waals surface area contributed by atoms with Crippen LogP contribution in [0.2, 0.25) is 0 Å². The number of piperidine rings is 1. The van der Waals surface area contributed by atoms with E-state index in [4.69, 9.17) is 4.74 Å². The molecule has 5 heteroatoms. The second kappa shape index (κ2) is 8.25. The first-order valence-electron chi connectivity index (χ1n) is 7.85. The van der Waals surface area contributed by atoms with Crippen molar-refractivity contribution in [1.29, 1.82) is 0 Å². The van der Waals surface area contributed by atoms with Crippen molar-refractivity contribution < 1.29 is 9.53 Å². The maximum Gasteiger partial charge on any atom is 0.230 e. The average molecular weight is 300 g/mol. The largest absolute Gasteiger partial charge is 0.377 e. The van der Waals surface area contributed by atoms with Crippen molar-refractivity contribution in [2.45, 2.75) is 45.1 Å². The normalized spacial score (nSPS) is 26.1. The second-order valence-electron chi connectivity index (χ2n) is 6.34. The Morgan fingerprint density at radius 2 is 2.20 bits per heavy atom. The van der Waals surface area contributed by atoms with Gasteiger partial charge in [-0.15, -0.1) is 11.8 Å². The number of carbonyl (C=O) groups is 1. The van der Waals surface area contributed by atoms with Crippen LogP contribution in [-0.2, 0) is 9.53 Å². The van der Waals surface area contributed by atoms with E-state index in [1.54, 1.807) is 11.8 Å². The summed E-state index contributed by atoms with van der Waals surface area (Å²) in [5.41, 5.74) is 0.276. The summed E-state index contributed by atoms with van der Waals surface area (Å²) in [6, 6.07) is 0. The molecule has 20 heavy (non-hydrogen) atoms. The van der Waals surface area contributed by atoms with Crippen molar-refractivity contribution >= 4 is 17.7 Å². The van der Waals surface area contributed by atoms with Gasteiger partial charge >= 0.3 is 0 Å². The number of carbonyl (C=O) groups excluding carboxylic acids is 1. The van der Waals surface area contributed by atoms with Crippen LogP contribution in [0.5, 0.6) is 0 Å². The topological polar surface area (TPSA) is 50.4 Å². The summed E-state index contributed by atoms with van der Waals surface area (Å²) in [7, 11) is 0. The van der Waals surface area contributed by atoms with E-state index in [2.05, 4.69) is 17.6 Å². The maximum absolute atomic E-state index is 11.9. The Morgan fingerprint density at radius 1 is 1.40 bits per heavy atom. The number of ether oxygens (including phenoxy) is 1. The van der Waals surface area contributed by atoms with E-state index < -0.39 is 0 Å². The first kappa shape index (κ1) is 16.1. The number of hydrogen-bond acceptors (Lipinski definition) is 4. The lowest BCUT2D eigenvalue weighted by Crippen LogP contribution is -2.43. The predicted octanol–water partition coefficient (Wildman–Crippen LogP) is 1.79. The molecule has 1 atom stereocenters. The van der Waals surface area contributed by atoms with E-state index in [0.29, 0.717) is 11.9 Å². The summed E-state index contributed by atoms with van der Waals surface area (Å²) in [5, 5.41) is 6.47. The van der Waals surface area contributed by atoms with Gasteiger partial charge in [-0.2, -0.15) is 0 Å². The molecule has 0 aliphatic carbocycles. The zero-order valence-corrected chi connectivity index (χ0v) is 13.4. The lowest BCUT2D eigenvalue weighted by atomic mass is 9.81. The van der Waals surface area contributed by atoms with Crippen LogP contribution in [0.25, 0.3) is 0 Å². The third-order valence-corrected chi connectivity index (χ3v) is 5.41. The van der Waals surface area contributed by atoms with Gasteiger partial charge in [0.15, 0.2) is 0 Å². The standard InChI is InChI=1S/C15H28N2O2S/c1-15(5-7-16-8-6-15)12-17-14(18)11-20-10-13-4-2-3-9-19-13/h13,16H,2-12H2,1H3,(H,17,18). The summed E-state index contributed by atoms with van der Waals surface area (Å²) in [6.07, 6.45) is 6.27. The number of amides is 1. The van der Waals surface area contributed by atoms with Crippen LogP contribution >= 0.6 is 11.8 Å². The Balaban J connectivity index is 1.55. The third kappa shape index (κ3) is 5.62.